The first kappa shape index (κ1) is 19.3. The van der Waals surface area contributed by atoms with E-state index in [-0.39, 0.29) is 30.6 Å². The van der Waals surface area contributed by atoms with E-state index in [2.05, 4.69) is 13.0 Å². The van der Waals surface area contributed by atoms with Crippen LogP contribution in [0.3, 0.4) is 0 Å². The molecule has 138 valence electrons. The number of aryl methyl sites for hydroxylation is 1. The molecule has 2 rings (SSSR count). The molecule has 0 aliphatic carbocycles. The largest absolute Gasteiger partial charge is 0.469 e. The Morgan fingerprint density at radius 3 is 2.52 bits per heavy atom. The number of carbonyl (C=O) groups is 2. The topological polar surface area (TPSA) is 55.8 Å². The van der Waals surface area contributed by atoms with Crippen molar-refractivity contribution in [3.63, 3.8) is 0 Å². The molecule has 1 aliphatic rings. The van der Waals surface area contributed by atoms with Crippen LogP contribution >= 0.6 is 0 Å². The highest BCUT2D eigenvalue weighted by molar-refractivity contribution is 5.75. The van der Waals surface area contributed by atoms with Gasteiger partial charge in [-0.05, 0) is 57.2 Å². The SMILES string of the molecule is CC[C@@H]1Cc2cccc(C)c2[C@@H](CC(=O)OC)N1C(=O)OC(C)(C)C. The molecule has 0 spiro atoms. The van der Waals surface area contributed by atoms with Gasteiger partial charge in [-0.25, -0.2) is 4.79 Å². The fraction of sp³-hybridized carbons (Fsp3) is 0.600. The van der Waals surface area contributed by atoms with Gasteiger partial charge in [0.25, 0.3) is 0 Å². The molecule has 0 N–H and O–H groups in total. The number of amides is 1. The summed E-state index contributed by atoms with van der Waals surface area (Å²) in [6.45, 7) is 9.62. The zero-order valence-electron chi connectivity index (χ0n) is 16.1. The maximum Gasteiger partial charge on any atom is 0.411 e. The molecule has 1 aliphatic heterocycles. The van der Waals surface area contributed by atoms with E-state index in [1.165, 1.54) is 12.7 Å². The summed E-state index contributed by atoms with van der Waals surface area (Å²) in [6.07, 6.45) is 1.32. The van der Waals surface area contributed by atoms with E-state index in [0.717, 1.165) is 24.0 Å². The van der Waals surface area contributed by atoms with Crippen LogP contribution in [0.5, 0.6) is 0 Å². The first-order valence-corrected chi connectivity index (χ1v) is 8.84. The van der Waals surface area contributed by atoms with Gasteiger partial charge in [-0.3, -0.25) is 9.69 Å². The van der Waals surface area contributed by atoms with Crippen molar-refractivity contribution in [1.29, 1.82) is 0 Å². The summed E-state index contributed by atoms with van der Waals surface area (Å²) in [5, 5.41) is 0. The van der Waals surface area contributed by atoms with Gasteiger partial charge in [-0.1, -0.05) is 25.1 Å². The van der Waals surface area contributed by atoms with Gasteiger partial charge >= 0.3 is 12.1 Å². The summed E-state index contributed by atoms with van der Waals surface area (Å²) in [5.41, 5.74) is 2.73. The predicted molar refractivity (Wildman–Crippen MR) is 96.4 cm³/mol. The fourth-order valence-electron chi connectivity index (χ4n) is 3.52. The van der Waals surface area contributed by atoms with Crippen molar-refractivity contribution < 1.29 is 19.1 Å². The number of methoxy groups -OCH3 is 1. The molecule has 1 aromatic carbocycles. The van der Waals surface area contributed by atoms with E-state index in [9.17, 15) is 9.59 Å². The van der Waals surface area contributed by atoms with E-state index < -0.39 is 5.60 Å². The number of nitrogens with zero attached hydrogens (tertiary/aromatic N) is 1. The highest BCUT2D eigenvalue weighted by Gasteiger charge is 2.40. The molecule has 1 aromatic rings. The van der Waals surface area contributed by atoms with Crippen LogP contribution in [0, 0.1) is 6.92 Å². The maximum absolute atomic E-state index is 12.9. The Morgan fingerprint density at radius 2 is 1.96 bits per heavy atom. The van der Waals surface area contributed by atoms with Crippen LogP contribution in [0.25, 0.3) is 0 Å². The van der Waals surface area contributed by atoms with E-state index in [0.29, 0.717) is 0 Å². The molecule has 0 saturated carbocycles. The summed E-state index contributed by atoms with van der Waals surface area (Å²) in [4.78, 5) is 26.7. The zero-order valence-corrected chi connectivity index (χ0v) is 16.1. The van der Waals surface area contributed by atoms with E-state index in [4.69, 9.17) is 9.47 Å². The van der Waals surface area contributed by atoms with Gasteiger partial charge in [0.1, 0.15) is 5.60 Å². The van der Waals surface area contributed by atoms with Gasteiger partial charge < -0.3 is 9.47 Å². The van der Waals surface area contributed by atoms with Crippen molar-refractivity contribution in [2.45, 2.75) is 71.6 Å². The van der Waals surface area contributed by atoms with Gasteiger partial charge in [0, 0.05) is 6.04 Å². The van der Waals surface area contributed by atoms with Crippen LogP contribution in [0.2, 0.25) is 0 Å². The van der Waals surface area contributed by atoms with Crippen molar-refractivity contribution in [3.05, 3.63) is 34.9 Å². The lowest BCUT2D eigenvalue weighted by molar-refractivity contribution is -0.142. The molecule has 0 fully saturated rings. The van der Waals surface area contributed by atoms with Crippen molar-refractivity contribution in [2.24, 2.45) is 0 Å². The molecule has 0 saturated heterocycles. The second-order valence-corrected chi connectivity index (χ2v) is 7.60. The summed E-state index contributed by atoms with van der Waals surface area (Å²) < 4.78 is 10.5. The molecule has 1 heterocycles. The van der Waals surface area contributed by atoms with E-state index >= 15 is 0 Å². The number of rotatable bonds is 3. The number of hydrogen-bond acceptors (Lipinski definition) is 4. The Bertz CT molecular complexity index is 648. The highest BCUT2D eigenvalue weighted by Crippen LogP contribution is 2.39. The molecule has 1 amide bonds. The van der Waals surface area contributed by atoms with Crippen molar-refractivity contribution in [1.82, 2.24) is 4.90 Å². The second kappa shape index (κ2) is 7.46. The lowest BCUT2D eigenvalue weighted by Crippen LogP contribution is -2.49. The maximum atomic E-state index is 12.9. The first-order chi connectivity index (χ1) is 11.7. The predicted octanol–water partition coefficient (Wildman–Crippen LogP) is 4.17. The van der Waals surface area contributed by atoms with Gasteiger partial charge in [0.05, 0.1) is 19.6 Å². The standard InChI is InChI=1S/C20H29NO4/c1-7-15-11-14-10-8-9-13(2)18(14)16(12-17(22)24-6)21(15)19(23)25-20(3,4)5/h8-10,15-16H,7,11-12H2,1-6H3/t15-,16-/m1/s1. The van der Waals surface area contributed by atoms with Crippen LogP contribution < -0.4 is 0 Å². The number of carbonyl (C=O) groups excluding carboxylic acids is 2. The summed E-state index contributed by atoms with van der Waals surface area (Å²) in [7, 11) is 1.37. The number of hydrogen-bond donors (Lipinski definition) is 0. The van der Waals surface area contributed by atoms with Gasteiger partial charge in [-0.2, -0.15) is 0 Å². The molecular formula is C20H29NO4. The Morgan fingerprint density at radius 1 is 1.28 bits per heavy atom. The second-order valence-electron chi connectivity index (χ2n) is 7.60. The third kappa shape index (κ3) is 4.33. The highest BCUT2D eigenvalue weighted by atomic mass is 16.6. The van der Waals surface area contributed by atoms with E-state index in [1.807, 2.05) is 39.8 Å². The monoisotopic (exact) mass is 347 g/mol. The lowest BCUT2D eigenvalue weighted by atomic mass is 9.83. The number of esters is 1. The molecule has 0 unspecified atom stereocenters. The van der Waals surface area contributed by atoms with Gasteiger partial charge in [0.15, 0.2) is 0 Å². The molecule has 0 radical (unpaired) electrons. The van der Waals surface area contributed by atoms with E-state index in [1.54, 1.807) is 4.90 Å². The van der Waals surface area contributed by atoms with Crippen LogP contribution in [-0.4, -0.2) is 35.7 Å². The van der Waals surface area contributed by atoms with Crippen LogP contribution in [0.1, 0.15) is 63.3 Å². The Balaban J connectivity index is 2.50. The fourth-order valence-corrected chi connectivity index (χ4v) is 3.52. The Hall–Kier alpha value is -2.04. The molecule has 0 aromatic heterocycles. The third-order valence-electron chi connectivity index (χ3n) is 4.60. The molecule has 2 atom stereocenters. The van der Waals surface area contributed by atoms with Crippen LogP contribution in [0.4, 0.5) is 4.79 Å². The Labute approximate surface area is 150 Å². The molecular weight excluding hydrogens is 318 g/mol. The molecule has 0 bridgehead atoms. The zero-order chi connectivity index (χ0) is 18.8. The van der Waals surface area contributed by atoms with Gasteiger partial charge in [-0.15, -0.1) is 0 Å². The summed E-state index contributed by atoms with van der Waals surface area (Å²) in [5.74, 6) is -0.329. The summed E-state index contributed by atoms with van der Waals surface area (Å²) in [6, 6.07) is 5.76. The van der Waals surface area contributed by atoms with Gasteiger partial charge in [0.2, 0.25) is 0 Å². The smallest absolute Gasteiger partial charge is 0.411 e. The molecule has 5 nitrogen and oxygen atoms in total. The number of benzene rings is 1. The Kier molecular flexibility index (Phi) is 5.76. The van der Waals surface area contributed by atoms with Crippen molar-refractivity contribution in [2.75, 3.05) is 7.11 Å². The average Bonchev–Trinajstić information content (AvgIpc) is 2.52. The normalized spacial score (nSPS) is 20.0. The first-order valence-electron chi connectivity index (χ1n) is 8.84. The minimum Gasteiger partial charge on any atom is -0.469 e. The van der Waals surface area contributed by atoms with Crippen LogP contribution in [0.15, 0.2) is 18.2 Å². The summed E-state index contributed by atoms with van der Waals surface area (Å²) >= 11 is 0. The third-order valence-corrected chi connectivity index (χ3v) is 4.60. The minimum atomic E-state index is -0.586. The lowest BCUT2D eigenvalue weighted by Gasteiger charge is -2.43. The number of ether oxygens (including phenoxy) is 2. The van der Waals surface area contributed by atoms with Crippen molar-refractivity contribution >= 4 is 12.1 Å². The van der Waals surface area contributed by atoms with Crippen LogP contribution in [-0.2, 0) is 20.7 Å². The average molecular weight is 347 g/mol. The van der Waals surface area contributed by atoms with Crippen molar-refractivity contribution in [3.8, 4) is 0 Å². The molecule has 5 heteroatoms. The number of fused-ring (bicyclic) bond motifs is 1. The molecule has 25 heavy (non-hydrogen) atoms. The minimum absolute atomic E-state index is 0.00111. The quantitative estimate of drug-likeness (QED) is 0.770.